The zero-order valence-electron chi connectivity index (χ0n) is 14.0. The predicted molar refractivity (Wildman–Crippen MR) is 97.4 cm³/mol. The van der Waals surface area contributed by atoms with Crippen LogP contribution in [-0.2, 0) is 4.79 Å². The molecule has 25 heavy (non-hydrogen) atoms. The van der Waals surface area contributed by atoms with Crippen LogP contribution in [0, 0.1) is 13.8 Å². The maximum atomic E-state index is 12.6. The lowest BCUT2D eigenvalue weighted by molar-refractivity contribution is -0.114. The first-order chi connectivity index (χ1) is 12.0. The van der Waals surface area contributed by atoms with Crippen LogP contribution in [0.25, 0.3) is 5.69 Å². The van der Waals surface area contributed by atoms with Crippen molar-refractivity contribution in [1.29, 1.82) is 0 Å². The summed E-state index contributed by atoms with van der Waals surface area (Å²) in [4.78, 5) is 25.0. The second-order valence-electron chi connectivity index (χ2n) is 5.50. The molecular weight excluding hydrogens is 338 g/mol. The molecule has 2 N–H and O–H groups in total. The fraction of sp³-hybridized carbons (Fsp3) is 0.176. The highest BCUT2D eigenvalue weighted by Gasteiger charge is 2.18. The fourth-order valence-corrected chi connectivity index (χ4v) is 3.02. The number of benzene rings is 1. The third kappa shape index (κ3) is 3.58. The highest BCUT2D eigenvalue weighted by molar-refractivity contribution is 7.06. The topological polar surface area (TPSA) is 88.9 Å². The lowest BCUT2D eigenvalue weighted by Gasteiger charge is -2.06. The number of hydrogen-bond donors (Lipinski definition) is 2. The average Bonchev–Trinajstić information content (AvgIpc) is 3.13. The minimum absolute atomic E-state index is 0.206. The summed E-state index contributed by atoms with van der Waals surface area (Å²) in [6, 6.07) is 10.8. The van der Waals surface area contributed by atoms with Crippen molar-refractivity contribution in [1.82, 2.24) is 14.2 Å². The second kappa shape index (κ2) is 6.86. The van der Waals surface area contributed by atoms with Crippen molar-refractivity contribution in [3.8, 4) is 5.69 Å². The Hall–Kier alpha value is -3.00. The van der Waals surface area contributed by atoms with E-state index >= 15 is 0 Å². The van der Waals surface area contributed by atoms with Crippen LogP contribution in [0.5, 0.6) is 0 Å². The zero-order valence-corrected chi connectivity index (χ0v) is 14.8. The number of amides is 2. The number of nitrogens with one attached hydrogen (secondary N) is 2. The third-order valence-corrected chi connectivity index (χ3v) is 4.36. The fourth-order valence-electron chi connectivity index (χ4n) is 2.37. The van der Waals surface area contributed by atoms with Crippen LogP contribution in [0.3, 0.4) is 0 Å². The Morgan fingerprint density at radius 3 is 2.44 bits per heavy atom. The number of aryl methyl sites for hydroxylation is 2. The molecule has 0 bridgehead atoms. The Morgan fingerprint density at radius 2 is 1.84 bits per heavy atom. The van der Waals surface area contributed by atoms with Gasteiger partial charge < -0.3 is 10.6 Å². The number of hydrogen-bond acceptors (Lipinski definition) is 5. The van der Waals surface area contributed by atoms with Crippen LogP contribution in [-0.4, -0.2) is 26.0 Å². The number of para-hydroxylation sites is 1. The number of nitrogens with zero attached hydrogens (tertiary/aromatic N) is 3. The molecule has 0 saturated carbocycles. The molecular formula is C17H17N5O2S. The van der Waals surface area contributed by atoms with Crippen molar-refractivity contribution in [3.05, 3.63) is 52.7 Å². The Labute approximate surface area is 148 Å². The number of carbonyl (C=O) groups is 2. The summed E-state index contributed by atoms with van der Waals surface area (Å²) < 4.78 is 5.75. The van der Waals surface area contributed by atoms with Gasteiger partial charge >= 0.3 is 0 Å². The van der Waals surface area contributed by atoms with Crippen molar-refractivity contribution < 1.29 is 9.59 Å². The molecule has 0 radical (unpaired) electrons. The van der Waals surface area contributed by atoms with Crippen molar-refractivity contribution in [3.63, 3.8) is 0 Å². The molecule has 0 saturated heterocycles. The summed E-state index contributed by atoms with van der Waals surface area (Å²) in [6.45, 7) is 5.14. The monoisotopic (exact) mass is 355 g/mol. The van der Waals surface area contributed by atoms with Crippen molar-refractivity contribution >= 4 is 34.9 Å². The van der Waals surface area contributed by atoms with Gasteiger partial charge in [-0.15, -0.1) is 0 Å². The van der Waals surface area contributed by atoms with E-state index < -0.39 is 0 Å². The Balaban J connectivity index is 1.95. The van der Waals surface area contributed by atoms with Crippen LogP contribution < -0.4 is 10.6 Å². The highest BCUT2D eigenvalue weighted by Crippen LogP contribution is 2.24. The lowest BCUT2D eigenvalue weighted by Crippen LogP contribution is -2.14. The van der Waals surface area contributed by atoms with Gasteiger partial charge in [0.2, 0.25) is 5.91 Å². The first-order valence-electron chi connectivity index (χ1n) is 7.63. The SMILES string of the molecule is CC(=O)Nc1cc(C(=O)Nc2c(C)nsc2C)nn1-c1ccccc1. The quantitative estimate of drug-likeness (QED) is 0.752. The van der Waals surface area contributed by atoms with Gasteiger partial charge in [-0.05, 0) is 37.5 Å². The molecule has 0 aliphatic heterocycles. The maximum absolute atomic E-state index is 12.6. The van der Waals surface area contributed by atoms with Gasteiger partial charge in [0.15, 0.2) is 5.69 Å². The lowest BCUT2D eigenvalue weighted by atomic mass is 10.3. The molecule has 7 nitrogen and oxygen atoms in total. The Kier molecular flexibility index (Phi) is 4.62. The normalized spacial score (nSPS) is 10.5. The van der Waals surface area contributed by atoms with Crippen LogP contribution in [0.2, 0.25) is 0 Å². The van der Waals surface area contributed by atoms with Gasteiger partial charge in [0.1, 0.15) is 5.82 Å². The van der Waals surface area contributed by atoms with E-state index in [-0.39, 0.29) is 17.5 Å². The summed E-state index contributed by atoms with van der Waals surface area (Å²) in [6.07, 6.45) is 0. The summed E-state index contributed by atoms with van der Waals surface area (Å²) in [5, 5.41) is 9.89. The van der Waals surface area contributed by atoms with Gasteiger partial charge in [-0.2, -0.15) is 9.47 Å². The summed E-state index contributed by atoms with van der Waals surface area (Å²) in [5.74, 6) is -0.161. The minimum atomic E-state index is -0.354. The molecule has 128 valence electrons. The Morgan fingerprint density at radius 1 is 1.12 bits per heavy atom. The van der Waals surface area contributed by atoms with E-state index in [1.165, 1.54) is 23.1 Å². The molecule has 0 aliphatic carbocycles. The summed E-state index contributed by atoms with van der Waals surface area (Å²) in [5.41, 5.74) is 2.42. The molecule has 3 rings (SSSR count). The number of rotatable bonds is 4. The molecule has 2 heterocycles. The summed E-state index contributed by atoms with van der Waals surface area (Å²) in [7, 11) is 0. The molecule has 0 atom stereocenters. The average molecular weight is 355 g/mol. The smallest absolute Gasteiger partial charge is 0.276 e. The molecule has 0 spiro atoms. The van der Waals surface area contributed by atoms with E-state index in [2.05, 4.69) is 20.1 Å². The molecule has 0 fully saturated rings. The standard InChI is InChI=1S/C17H17N5O2S/c1-10-16(11(2)25-21-10)19-17(24)14-9-15(18-12(3)23)22(20-14)13-7-5-4-6-8-13/h4-9H,1-3H3,(H,18,23)(H,19,24). The van der Waals surface area contributed by atoms with Crippen LogP contribution in [0.15, 0.2) is 36.4 Å². The number of anilines is 2. The van der Waals surface area contributed by atoms with Crippen molar-refractivity contribution in [2.45, 2.75) is 20.8 Å². The molecule has 3 aromatic rings. The van der Waals surface area contributed by atoms with E-state index in [4.69, 9.17) is 0 Å². The molecule has 2 amide bonds. The first-order valence-corrected chi connectivity index (χ1v) is 8.40. The Bertz CT molecular complexity index is 910. The maximum Gasteiger partial charge on any atom is 0.276 e. The summed E-state index contributed by atoms with van der Waals surface area (Å²) >= 11 is 1.33. The van der Waals surface area contributed by atoms with E-state index in [0.29, 0.717) is 11.5 Å². The minimum Gasteiger partial charge on any atom is -0.318 e. The van der Waals surface area contributed by atoms with E-state index in [1.54, 1.807) is 6.07 Å². The van der Waals surface area contributed by atoms with Crippen molar-refractivity contribution in [2.24, 2.45) is 0 Å². The van der Waals surface area contributed by atoms with E-state index in [0.717, 1.165) is 16.3 Å². The first kappa shape index (κ1) is 16.8. The largest absolute Gasteiger partial charge is 0.318 e. The van der Waals surface area contributed by atoms with Gasteiger partial charge in [0.05, 0.1) is 17.1 Å². The highest BCUT2D eigenvalue weighted by atomic mass is 32.1. The molecule has 0 aliphatic rings. The molecule has 8 heteroatoms. The molecule has 2 aromatic heterocycles. The van der Waals surface area contributed by atoms with Gasteiger partial charge in [-0.25, -0.2) is 4.68 Å². The van der Waals surface area contributed by atoms with Crippen molar-refractivity contribution in [2.75, 3.05) is 10.6 Å². The molecule has 1 aromatic carbocycles. The second-order valence-corrected chi connectivity index (χ2v) is 6.47. The number of aromatic nitrogens is 3. The van der Waals surface area contributed by atoms with Gasteiger partial charge in [-0.3, -0.25) is 9.59 Å². The van der Waals surface area contributed by atoms with E-state index in [9.17, 15) is 9.59 Å². The van der Waals surface area contributed by atoms with Crippen LogP contribution in [0.4, 0.5) is 11.5 Å². The third-order valence-electron chi connectivity index (χ3n) is 3.52. The predicted octanol–water partition coefficient (Wildman–Crippen LogP) is 3.16. The van der Waals surface area contributed by atoms with Gasteiger partial charge in [0, 0.05) is 17.9 Å². The zero-order chi connectivity index (χ0) is 18.0. The van der Waals surface area contributed by atoms with Crippen LogP contribution >= 0.6 is 11.5 Å². The number of carbonyl (C=O) groups excluding carboxylic acids is 2. The van der Waals surface area contributed by atoms with Gasteiger partial charge in [-0.1, -0.05) is 18.2 Å². The van der Waals surface area contributed by atoms with E-state index in [1.807, 2.05) is 44.2 Å². The molecule has 0 unspecified atom stereocenters. The van der Waals surface area contributed by atoms with Gasteiger partial charge in [0.25, 0.3) is 5.91 Å². The van der Waals surface area contributed by atoms with Crippen LogP contribution in [0.1, 0.15) is 28.0 Å².